The van der Waals surface area contributed by atoms with E-state index in [1.165, 1.54) is 30.2 Å². The Morgan fingerprint density at radius 3 is 2.43 bits per heavy atom. The first-order valence-electron chi connectivity index (χ1n) is 6.37. The number of carbonyl (C=O) groups excluding carboxylic acids is 2. The molecule has 0 aromatic heterocycles. The highest BCUT2D eigenvalue weighted by molar-refractivity contribution is 6.39. The molecule has 0 spiro atoms. The van der Waals surface area contributed by atoms with E-state index >= 15 is 0 Å². The zero-order valence-electron chi connectivity index (χ0n) is 12.1. The molecule has 1 aromatic carbocycles. The van der Waals surface area contributed by atoms with Crippen molar-refractivity contribution >= 4 is 23.2 Å². The van der Waals surface area contributed by atoms with Gasteiger partial charge < -0.3 is 15.0 Å². The smallest absolute Gasteiger partial charge is 0.314 e. The number of nitrogens with one attached hydrogen (secondary N) is 1. The Morgan fingerprint density at radius 2 is 1.95 bits per heavy atom. The Hall–Kier alpha value is -2.64. The molecule has 0 radical (unpaired) electrons. The fourth-order valence-corrected chi connectivity index (χ4v) is 1.73. The minimum absolute atomic E-state index is 0.116. The van der Waals surface area contributed by atoms with Crippen molar-refractivity contribution in [2.24, 2.45) is 0 Å². The SMILES string of the molecule is CCN(CC)C(=O)C(=O)Nc1ccc([N+](=O)[O-])cc1OC. The summed E-state index contributed by atoms with van der Waals surface area (Å²) in [6.07, 6.45) is 0. The van der Waals surface area contributed by atoms with E-state index in [1.807, 2.05) is 0 Å². The number of benzene rings is 1. The molecule has 0 bridgehead atoms. The molecular formula is C13H17N3O5. The lowest BCUT2D eigenvalue weighted by Gasteiger charge is -2.18. The van der Waals surface area contributed by atoms with Gasteiger partial charge in [-0.15, -0.1) is 0 Å². The van der Waals surface area contributed by atoms with Gasteiger partial charge in [-0.05, 0) is 19.9 Å². The quantitative estimate of drug-likeness (QED) is 0.502. The minimum Gasteiger partial charge on any atom is -0.494 e. The van der Waals surface area contributed by atoms with E-state index in [0.29, 0.717) is 13.1 Å². The van der Waals surface area contributed by atoms with Gasteiger partial charge in [-0.2, -0.15) is 0 Å². The van der Waals surface area contributed by atoms with E-state index in [9.17, 15) is 19.7 Å². The molecule has 0 fully saturated rings. The van der Waals surface area contributed by atoms with Gasteiger partial charge in [-0.3, -0.25) is 19.7 Å². The lowest BCUT2D eigenvalue weighted by atomic mass is 10.2. The van der Waals surface area contributed by atoms with Gasteiger partial charge in [0.25, 0.3) is 5.69 Å². The Balaban J connectivity index is 2.95. The van der Waals surface area contributed by atoms with Crippen molar-refractivity contribution in [2.75, 3.05) is 25.5 Å². The molecule has 0 saturated heterocycles. The molecule has 2 amide bonds. The van der Waals surface area contributed by atoms with Crippen molar-refractivity contribution in [2.45, 2.75) is 13.8 Å². The molecule has 0 unspecified atom stereocenters. The summed E-state index contributed by atoms with van der Waals surface area (Å²) in [6.45, 7) is 4.36. The first-order valence-corrected chi connectivity index (χ1v) is 6.37. The number of amides is 2. The number of nitrogens with zero attached hydrogens (tertiary/aromatic N) is 2. The summed E-state index contributed by atoms with van der Waals surface area (Å²) in [5, 5.41) is 13.1. The predicted octanol–water partition coefficient (Wildman–Crippen LogP) is 1.41. The summed E-state index contributed by atoms with van der Waals surface area (Å²) in [6, 6.07) is 3.72. The molecule has 114 valence electrons. The fraction of sp³-hybridized carbons (Fsp3) is 0.385. The maximum Gasteiger partial charge on any atom is 0.314 e. The molecule has 0 aliphatic rings. The largest absolute Gasteiger partial charge is 0.494 e. The Bertz CT molecular complexity index is 555. The average molecular weight is 295 g/mol. The van der Waals surface area contributed by atoms with Crippen LogP contribution in [-0.4, -0.2) is 41.8 Å². The van der Waals surface area contributed by atoms with Crippen molar-refractivity contribution in [1.29, 1.82) is 0 Å². The number of hydrogen-bond donors (Lipinski definition) is 1. The van der Waals surface area contributed by atoms with Crippen molar-refractivity contribution in [3.8, 4) is 5.75 Å². The monoisotopic (exact) mass is 295 g/mol. The van der Waals surface area contributed by atoms with E-state index < -0.39 is 16.7 Å². The molecule has 8 heteroatoms. The molecule has 1 aromatic rings. The highest BCUT2D eigenvalue weighted by atomic mass is 16.6. The van der Waals surface area contributed by atoms with Gasteiger partial charge >= 0.3 is 11.8 Å². The standard InChI is InChI=1S/C13H17N3O5/c1-4-15(5-2)13(18)12(17)14-10-7-6-9(16(19)20)8-11(10)21-3/h6-8H,4-5H2,1-3H3,(H,14,17). The highest BCUT2D eigenvalue weighted by Gasteiger charge is 2.21. The number of ether oxygens (including phenoxy) is 1. The van der Waals surface area contributed by atoms with Crippen LogP contribution in [0.5, 0.6) is 5.75 Å². The van der Waals surface area contributed by atoms with Gasteiger partial charge in [0.15, 0.2) is 0 Å². The second-order valence-corrected chi connectivity index (χ2v) is 4.07. The lowest BCUT2D eigenvalue weighted by Crippen LogP contribution is -2.39. The molecule has 21 heavy (non-hydrogen) atoms. The molecule has 0 heterocycles. The van der Waals surface area contributed by atoms with Crippen LogP contribution < -0.4 is 10.1 Å². The van der Waals surface area contributed by atoms with Crippen LogP contribution in [-0.2, 0) is 9.59 Å². The number of nitro groups is 1. The predicted molar refractivity (Wildman–Crippen MR) is 76.2 cm³/mol. The van der Waals surface area contributed by atoms with Crippen LogP contribution in [0.1, 0.15) is 13.8 Å². The summed E-state index contributed by atoms with van der Waals surface area (Å²) < 4.78 is 4.99. The van der Waals surface area contributed by atoms with Gasteiger partial charge in [-0.25, -0.2) is 0 Å². The summed E-state index contributed by atoms with van der Waals surface area (Å²) in [4.78, 5) is 35.2. The first kappa shape index (κ1) is 16.4. The van der Waals surface area contributed by atoms with Gasteiger partial charge in [0.05, 0.1) is 23.8 Å². The first-order chi connectivity index (χ1) is 9.94. The van der Waals surface area contributed by atoms with E-state index in [1.54, 1.807) is 13.8 Å². The Labute approximate surface area is 121 Å². The average Bonchev–Trinajstić information content (AvgIpc) is 2.48. The summed E-state index contributed by atoms with van der Waals surface area (Å²) in [5.41, 5.74) is 0.0357. The molecule has 0 aliphatic carbocycles. The topological polar surface area (TPSA) is 102 Å². The second kappa shape index (κ2) is 7.22. The zero-order chi connectivity index (χ0) is 16.0. The van der Waals surface area contributed by atoms with Crippen LogP contribution in [0.2, 0.25) is 0 Å². The van der Waals surface area contributed by atoms with Crippen LogP contribution in [0.25, 0.3) is 0 Å². The fourth-order valence-electron chi connectivity index (χ4n) is 1.73. The number of rotatable bonds is 5. The molecule has 8 nitrogen and oxygen atoms in total. The number of likely N-dealkylation sites (N-methyl/N-ethyl adjacent to an activating group) is 1. The van der Waals surface area contributed by atoms with Crippen LogP contribution >= 0.6 is 0 Å². The number of methoxy groups -OCH3 is 1. The highest BCUT2D eigenvalue weighted by Crippen LogP contribution is 2.28. The van der Waals surface area contributed by atoms with Gasteiger partial charge in [-0.1, -0.05) is 0 Å². The Morgan fingerprint density at radius 1 is 1.33 bits per heavy atom. The minimum atomic E-state index is -0.814. The number of carbonyl (C=O) groups is 2. The number of hydrogen-bond acceptors (Lipinski definition) is 5. The molecule has 0 atom stereocenters. The maximum absolute atomic E-state index is 11.9. The van der Waals surface area contributed by atoms with E-state index in [2.05, 4.69) is 5.32 Å². The van der Waals surface area contributed by atoms with Crippen LogP contribution in [0.15, 0.2) is 18.2 Å². The molecule has 0 saturated carbocycles. The normalized spacial score (nSPS) is 9.86. The number of non-ortho nitro benzene ring substituents is 1. The molecular weight excluding hydrogens is 278 g/mol. The molecule has 0 aliphatic heterocycles. The van der Waals surface area contributed by atoms with E-state index in [0.717, 1.165) is 0 Å². The van der Waals surface area contributed by atoms with Gasteiger partial charge in [0.1, 0.15) is 5.75 Å². The van der Waals surface area contributed by atoms with Crippen molar-refractivity contribution < 1.29 is 19.2 Å². The van der Waals surface area contributed by atoms with Crippen LogP contribution in [0, 0.1) is 10.1 Å². The summed E-state index contributed by atoms with van der Waals surface area (Å²) in [5.74, 6) is -1.36. The van der Waals surface area contributed by atoms with Crippen LogP contribution in [0.4, 0.5) is 11.4 Å². The van der Waals surface area contributed by atoms with Crippen molar-refractivity contribution in [3.05, 3.63) is 28.3 Å². The van der Waals surface area contributed by atoms with Gasteiger partial charge in [0.2, 0.25) is 0 Å². The van der Waals surface area contributed by atoms with E-state index in [4.69, 9.17) is 4.74 Å². The maximum atomic E-state index is 11.9. The van der Waals surface area contributed by atoms with Gasteiger partial charge in [0, 0.05) is 19.2 Å². The third kappa shape index (κ3) is 3.91. The summed E-state index contributed by atoms with van der Waals surface area (Å²) >= 11 is 0. The summed E-state index contributed by atoms with van der Waals surface area (Å²) in [7, 11) is 1.32. The zero-order valence-corrected chi connectivity index (χ0v) is 12.1. The third-order valence-corrected chi connectivity index (χ3v) is 2.89. The second-order valence-electron chi connectivity index (χ2n) is 4.07. The number of anilines is 1. The lowest BCUT2D eigenvalue weighted by molar-refractivity contribution is -0.384. The molecule has 1 rings (SSSR count). The third-order valence-electron chi connectivity index (χ3n) is 2.89. The Kier molecular flexibility index (Phi) is 5.65. The van der Waals surface area contributed by atoms with Crippen molar-refractivity contribution in [1.82, 2.24) is 4.90 Å². The van der Waals surface area contributed by atoms with E-state index in [-0.39, 0.29) is 17.1 Å². The van der Waals surface area contributed by atoms with Crippen LogP contribution in [0.3, 0.4) is 0 Å². The van der Waals surface area contributed by atoms with Crippen molar-refractivity contribution in [3.63, 3.8) is 0 Å². The number of nitro benzene ring substituents is 1. The molecule has 1 N–H and O–H groups in total.